The molecule has 0 aliphatic heterocycles. The molecule has 0 aliphatic carbocycles. The average molecular weight is 256 g/mol. The van der Waals surface area contributed by atoms with Gasteiger partial charge in [-0.1, -0.05) is 44.2 Å². The molecule has 0 unspecified atom stereocenters. The van der Waals surface area contributed by atoms with E-state index in [0.29, 0.717) is 18.5 Å². The lowest BCUT2D eigenvalue weighted by molar-refractivity contribution is 0.112. The van der Waals surface area contributed by atoms with Crippen LogP contribution >= 0.6 is 0 Å². The van der Waals surface area contributed by atoms with Gasteiger partial charge in [0.05, 0.1) is 11.3 Å². The summed E-state index contributed by atoms with van der Waals surface area (Å²) in [4.78, 5) is 23.0. The summed E-state index contributed by atoms with van der Waals surface area (Å²) in [6, 6.07) is 11.1. The third-order valence-electron chi connectivity index (χ3n) is 2.74. The maximum atomic E-state index is 12.0. The fraction of sp³-hybridized carbons (Fsp3) is 0.267. The van der Waals surface area contributed by atoms with Crippen molar-refractivity contribution in [3.8, 4) is 11.3 Å². The summed E-state index contributed by atoms with van der Waals surface area (Å²) in [6.07, 6.45) is 0.591. The largest absolute Gasteiger partial charge is 0.298 e. The Labute approximate surface area is 111 Å². The van der Waals surface area contributed by atoms with Crippen molar-refractivity contribution >= 4 is 6.29 Å². The van der Waals surface area contributed by atoms with E-state index < -0.39 is 0 Å². The van der Waals surface area contributed by atoms with Gasteiger partial charge >= 0.3 is 0 Å². The van der Waals surface area contributed by atoms with Gasteiger partial charge in [-0.25, -0.2) is 4.68 Å². The Morgan fingerprint density at radius 2 is 1.95 bits per heavy atom. The number of aldehydes is 1. The first-order valence-electron chi connectivity index (χ1n) is 6.24. The maximum absolute atomic E-state index is 12.0. The summed E-state index contributed by atoms with van der Waals surface area (Å²) in [5, 5.41) is 4.34. The zero-order valence-electron chi connectivity index (χ0n) is 11.0. The van der Waals surface area contributed by atoms with Crippen molar-refractivity contribution in [1.82, 2.24) is 9.78 Å². The van der Waals surface area contributed by atoms with Crippen molar-refractivity contribution in [2.45, 2.75) is 20.4 Å². The standard InChI is InChI=1S/C15H16N2O2/c1-11(2)9-17-15(19)13(10-18)8-14(16-17)12-6-4-3-5-7-12/h3-8,10-11H,9H2,1-2H3. The van der Waals surface area contributed by atoms with Gasteiger partial charge in [0.25, 0.3) is 5.56 Å². The van der Waals surface area contributed by atoms with Crippen LogP contribution in [-0.4, -0.2) is 16.1 Å². The van der Waals surface area contributed by atoms with Crippen LogP contribution < -0.4 is 5.56 Å². The van der Waals surface area contributed by atoms with Gasteiger partial charge in [-0.3, -0.25) is 9.59 Å². The van der Waals surface area contributed by atoms with Gasteiger partial charge in [-0.15, -0.1) is 0 Å². The molecule has 2 aromatic rings. The minimum Gasteiger partial charge on any atom is -0.298 e. The summed E-state index contributed by atoms with van der Waals surface area (Å²) in [5.41, 5.74) is 1.35. The molecule has 1 aromatic carbocycles. The van der Waals surface area contributed by atoms with Crippen LogP contribution in [0.15, 0.2) is 41.2 Å². The lowest BCUT2D eigenvalue weighted by Gasteiger charge is -2.10. The Balaban J connectivity index is 2.57. The van der Waals surface area contributed by atoms with E-state index >= 15 is 0 Å². The van der Waals surface area contributed by atoms with E-state index in [2.05, 4.69) is 5.10 Å². The molecular weight excluding hydrogens is 240 g/mol. The van der Waals surface area contributed by atoms with Crippen LogP contribution in [0.5, 0.6) is 0 Å². The summed E-state index contributed by atoms with van der Waals surface area (Å²) in [7, 11) is 0. The number of carbonyl (C=O) groups is 1. The van der Waals surface area contributed by atoms with Crippen molar-refractivity contribution in [1.29, 1.82) is 0 Å². The van der Waals surface area contributed by atoms with Crippen LogP contribution in [0.4, 0.5) is 0 Å². The molecule has 2 rings (SSSR count). The van der Waals surface area contributed by atoms with Crippen molar-refractivity contribution in [3.05, 3.63) is 52.3 Å². The molecule has 4 heteroatoms. The van der Waals surface area contributed by atoms with Gasteiger partial charge in [-0.2, -0.15) is 5.10 Å². The first kappa shape index (κ1) is 13.2. The third kappa shape index (κ3) is 2.96. The van der Waals surface area contributed by atoms with Gasteiger partial charge in [-0.05, 0) is 12.0 Å². The normalized spacial score (nSPS) is 10.7. The van der Waals surface area contributed by atoms with E-state index in [4.69, 9.17) is 0 Å². The minimum atomic E-state index is -0.330. The molecule has 0 fully saturated rings. The topological polar surface area (TPSA) is 52.0 Å². The highest BCUT2D eigenvalue weighted by atomic mass is 16.1. The summed E-state index contributed by atoms with van der Waals surface area (Å²) in [6.45, 7) is 4.51. The summed E-state index contributed by atoms with van der Waals surface area (Å²) >= 11 is 0. The van der Waals surface area contributed by atoms with Crippen LogP contribution in [0.3, 0.4) is 0 Å². The molecule has 1 heterocycles. The number of rotatable bonds is 4. The Kier molecular flexibility index (Phi) is 3.90. The summed E-state index contributed by atoms with van der Waals surface area (Å²) < 4.78 is 1.37. The lowest BCUT2D eigenvalue weighted by atomic mass is 10.1. The highest BCUT2D eigenvalue weighted by Crippen LogP contribution is 2.15. The van der Waals surface area contributed by atoms with Crippen LogP contribution in [0.1, 0.15) is 24.2 Å². The predicted molar refractivity (Wildman–Crippen MR) is 74.2 cm³/mol. The zero-order chi connectivity index (χ0) is 13.8. The van der Waals surface area contributed by atoms with E-state index in [9.17, 15) is 9.59 Å². The summed E-state index contributed by atoms with van der Waals surface area (Å²) in [5.74, 6) is 0.288. The van der Waals surface area contributed by atoms with Crippen LogP contribution in [0, 0.1) is 5.92 Å². The molecule has 0 saturated heterocycles. The molecule has 1 aromatic heterocycles. The Bertz CT molecular complexity index is 630. The van der Waals surface area contributed by atoms with E-state index in [0.717, 1.165) is 5.56 Å². The quantitative estimate of drug-likeness (QED) is 0.789. The molecule has 0 aliphatic rings. The van der Waals surface area contributed by atoms with Crippen LogP contribution in [-0.2, 0) is 6.54 Å². The Morgan fingerprint density at radius 1 is 1.26 bits per heavy atom. The van der Waals surface area contributed by atoms with E-state index in [1.165, 1.54) is 4.68 Å². The molecule has 4 nitrogen and oxygen atoms in total. The Morgan fingerprint density at radius 3 is 2.53 bits per heavy atom. The molecule has 0 radical (unpaired) electrons. The number of aromatic nitrogens is 2. The second kappa shape index (κ2) is 5.61. The molecule has 19 heavy (non-hydrogen) atoms. The predicted octanol–water partition coefficient (Wildman–Crippen LogP) is 2.38. The molecule has 0 atom stereocenters. The minimum absolute atomic E-state index is 0.148. The number of hydrogen-bond donors (Lipinski definition) is 0. The third-order valence-corrected chi connectivity index (χ3v) is 2.74. The van der Waals surface area contributed by atoms with Crippen molar-refractivity contribution < 1.29 is 4.79 Å². The second-order valence-corrected chi connectivity index (χ2v) is 4.85. The van der Waals surface area contributed by atoms with E-state index in [-0.39, 0.29) is 17.0 Å². The maximum Gasteiger partial charge on any atom is 0.277 e. The van der Waals surface area contributed by atoms with Crippen molar-refractivity contribution in [3.63, 3.8) is 0 Å². The van der Waals surface area contributed by atoms with Crippen molar-refractivity contribution in [2.75, 3.05) is 0 Å². The molecule has 0 N–H and O–H groups in total. The SMILES string of the molecule is CC(C)Cn1nc(-c2ccccc2)cc(C=O)c1=O. The zero-order valence-corrected chi connectivity index (χ0v) is 11.0. The first-order valence-corrected chi connectivity index (χ1v) is 6.24. The smallest absolute Gasteiger partial charge is 0.277 e. The van der Waals surface area contributed by atoms with Gasteiger partial charge in [0.2, 0.25) is 0 Å². The van der Waals surface area contributed by atoms with E-state index in [1.807, 2.05) is 44.2 Å². The van der Waals surface area contributed by atoms with Crippen molar-refractivity contribution in [2.24, 2.45) is 5.92 Å². The Hall–Kier alpha value is -2.23. The molecule has 0 bridgehead atoms. The number of carbonyl (C=O) groups excluding carboxylic acids is 1. The first-order chi connectivity index (χ1) is 9.11. The highest BCUT2D eigenvalue weighted by Gasteiger charge is 2.10. The fourth-order valence-electron chi connectivity index (χ4n) is 1.87. The number of nitrogens with zero attached hydrogens (tertiary/aromatic N) is 2. The van der Waals surface area contributed by atoms with E-state index in [1.54, 1.807) is 6.07 Å². The molecule has 0 spiro atoms. The molecule has 0 amide bonds. The molecule has 98 valence electrons. The molecule has 0 saturated carbocycles. The fourth-order valence-corrected chi connectivity index (χ4v) is 1.87. The van der Waals surface area contributed by atoms with Crippen LogP contribution in [0.2, 0.25) is 0 Å². The highest BCUT2D eigenvalue weighted by molar-refractivity contribution is 5.76. The lowest BCUT2D eigenvalue weighted by Crippen LogP contribution is -2.28. The molecular formula is C15H16N2O2. The van der Waals surface area contributed by atoms with Gasteiger partial charge < -0.3 is 0 Å². The van der Waals surface area contributed by atoms with Gasteiger partial charge in [0, 0.05) is 12.1 Å². The van der Waals surface area contributed by atoms with Gasteiger partial charge in [0.15, 0.2) is 6.29 Å². The monoisotopic (exact) mass is 256 g/mol. The van der Waals surface area contributed by atoms with Gasteiger partial charge in [0.1, 0.15) is 0 Å². The second-order valence-electron chi connectivity index (χ2n) is 4.85. The average Bonchev–Trinajstić information content (AvgIpc) is 2.41. The number of hydrogen-bond acceptors (Lipinski definition) is 3. The number of benzene rings is 1. The van der Waals surface area contributed by atoms with Crippen LogP contribution in [0.25, 0.3) is 11.3 Å².